The summed E-state index contributed by atoms with van der Waals surface area (Å²) >= 11 is 8.07. The zero-order valence-electron chi connectivity index (χ0n) is 11.4. The quantitative estimate of drug-likeness (QED) is 0.721. The Kier molecular flexibility index (Phi) is 5.66. The van der Waals surface area contributed by atoms with E-state index in [9.17, 15) is 8.42 Å². The van der Waals surface area contributed by atoms with Crippen molar-refractivity contribution in [2.75, 3.05) is 14.1 Å². The second-order valence-electron chi connectivity index (χ2n) is 4.40. The Hall–Kier alpha value is -0.190. The first-order valence-electron chi connectivity index (χ1n) is 5.96. The maximum Gasteiger partial charge on any atom is 0.247 e. The van der Waals surface area contributed by atoms with E-state index in [1.165, 1.54) is 21.7 Å². The Morgan fingerprint density at radius 3 is 2.67 bits per heavy atom. The lowest BCUT2D eigenvalue weighted by Gasteiger charge is -2.15. The van der Waals surface area contributed by atoms with Gasteiger partial charge in [0.1, 0.15) is 10.7 Å². The van der Waals surface area contributed by atoms with E-state index < -0.39 is 10.0 Å². The summed E-state index contributed by atoms with van der Waals surface area (Å²) in [5, 5.41) is 4.84. The molecule has 2 rings (SSSR count). The first-order valence-corrected chi connectivity index (χ1v) is 9.87. The summed E-state index contributed by atoms with van der Waals surface area (Å²) in [7, 11) is -0.279. The first-order chi connectivity index (χ1) is 9.84. The molecular formula is C12H14Br2N2O3S2. The second-order valence-corrected chi connectivity index (χ2v) is 9.43. The number of thiophene rings is 1. The van der Waals surface area contributed by atoms with Crippen molar-refractivity contribution in [3.8, 4) is 0 Å². The van der Waals surface area contributed by atoms with Crippen LogP contribution in [0.5, 0.6) is 0 Å². The molecule has 2 aromatic rings. The van der Waals surface area contributed by atoms with E-state index in [0.29, 0.717) is 18.8 Å². The van der Waals surface area contributed by atoms with E-state index in [1.54, 1.807) is 14.1 Å². The number of sulfonamides is 1. The van der Waals surface area contributed by atoms with Gasteiger partial charge in [0.15, 0.2) is 4.67 Å². The lowest BCUT2D eigenvalue weighted by molar-refractivity contribution is 0.454. The lowest BCUT2D eigenvalue weighted by atomic mass is 10.3. The van der Waals surface area contributed by atoms with Crippen LogP contribution in [-0.2, 0) is 23.1 Å². The molecule has 0 unspecified atom stereocenters. The van der Waals surface area contributed by atoms with Gasteiger partial charge in [0, 0.05) is 19.7 Å². The van der Waals surface area contributed by atoms with Crippen molar-refractivity contribution in [1.82, 2.24) is 9.62 Å². The number of nitrogens with zero attached hydrogens (tertiary/aromatic N) is 1. The molecule has 9 heteroatoms. The van der Waals surface area contributed by atoms with Gasteiger partial charge >= 0.3 is 0 Å². The van der Waals surface area contributed by atoms with Gasteiger partial charge in [-0.15, -0.1) is 11.3 Å². The van der Waals surface area contributed by atoms with E-state index in [4.69, 9.17) is 4.42 Å². The second kappa shape index (κ2) is 6.93. The van der Waals surface area contributed by atoms with Gasteiger partial charge in [0.25, 0.3) is 0 Å². The van der Waals surface area contributed by atoms with Crippen LogP contribution in [0, 0.1) is 0 Å². The molecule has 0 bridgehead atoms. The molecule has 0 aliphatic heterocycles. The number of nitrogens with one attached hydrogen (secondary N) is 1. The van der Waals surface area contributed by atoms with E-state index in [1.807, 2.05) is 11.4 Å². The van der Waals surface area contributed by atoms with Crippen LogP contribution in [0.4, 0.5) is 0 Å². The third-order valence-electron chi connectivity index (χ3n) is 2.77. The van der Waals surface area contributed by atoms with E-state index in [-0.39, 0.29) is 9.56 Å². The van der Waals surface area contributed by atoms with Gasteiger partial charge in [-0.1, -0.05) is 0 Å². The number of halogens is 2. The Bertz CT molecular complexity index is 725. The predicted molar refractivity (Wildman–Crippen MR) is 89.8 cm³/mol. The summed E-state index contributed by atoms with van der Waals surface area (Å²) in [6, 6.07) is 3.45. The van der Waals surface area contributed by atoms with Crippen LogP contribution in [0.15, 0.2) is 35.3 Å². The van der Waals surface area contributed by atoms with Crippen LogP contribution in [-0.4, -0.2) is 26.8 Å². The maximum absolute atomic E-state index is 12.6. The number of hydrogen-bond acceptors (Lipinski definition) is 5. The molecule has 0 radical (unpaired) electrons. The molecule has 0 atom stereocenters. The van der Waals surface area contributed by atoms with Crippen LogP contribution < -0.4 is 5.32 Å². The molecule has 1 N–H and O–H groups in total. The molecule has 116 valence electrons. The van der Waals surface area contributed by atoms with Gasteiger partial charge in [-0.3, -0.25) is 0 Å². The molecule has 0 amide bonds. The fraction of sp³-hybridized carbons (Fsp3) is 0.333. The minimum Gasteiger partial charge on any atom is -0.452 e. The van der Waals surface area contributed by atoms with Crippen LogP contribution in [0.1, 0.15) is 11.3 Å². The number of furan rings is 1. The SMILES string of the molecule is CNCc1cc(S(=O)(=O)N(C)Cc2csc(Br)c2)c(Br)o1. The third-order valence-corrected chi connectivity index (χ3v) is 6.99. The van der Waals surface area contributed by atoms with Gasteiger partial charge < -0.3 is 9.73 Å². The molecule has 2 heterocycles. The molecule has 0 fully saturated rings. The van der Waals surface area contributed by atoms with Crippen molar-refractivity contribution < 1.29 is 12.8 Å². The van der Waals surface area contributed by atoms with E-state index in [2.05, 4.69) is 37.2 Å². The Labute approximate surface area is 144 Å². The topological polar surface area (TPSA) is 62.6 Å². The summed E-state index contributed by atoms with van der Waals surface area (Å²) in [4.78, 5) is 0.143. The van der Waals surface area contributed by atoms with Crippen molar-refractivity contribution in [3.05, 3.63) is 37.3 Å². The van der Waals surface area contributed by atoms with Crippen LogP contribution in [0.25, 0.3) is 0 Å². The van der Waals surface area contributed by atoms with Gasteiger partial charge in [0.05, 0.1) is 10.3 Å². The van der Waals surface area contributed by atoms with E-state index >= 15 is 0 Å². The highest BCUT2D eigenvalue weighted by molar-refractivity contribution is 9.11. The summed E-state index contributed by atoms with van der Waals surface area (Å²) in [5.74, 6) is 0.564. The van der Waals surface area contributed by atoms with Crippen molar-refractivity contribution >= 4 is 53.2 Å². The lowest BCUT2D eigenvalue weighted by Crippen LogP contribution is -2.26. The van der Waals surface area contributed by atoms with Crippen LogP contribution in [0.2, 0.25) is 0 Å². The van der Waals surface area contributed by atoms with Crippen LogP contribution >= 0.6 is 43.2 Å². The molecule has 0 aromatic carbocycles. The fourth-order valence-electron chi connectivity index (χ4n) is 1.77. The Morgan fingerprint density at radius 1 is 1.38 bits per heavy atom. The monoisotopic (exact) mass is 456 g/mol. The van der Waals surface area contributed by atoms with Gasteiger partial charge in [-0.25, -0.2) is 8.42 Å². The summed E-state index contributed by atoms with van der Waals surface area (Å²) in [6.45, 7) is 0.777. The highest BCUT2D eigenvalue weighted by Gasteiger charge is 2.27. The molecule has 2 aromatic heterocycles. The van der Waals surface area contributed by atoms with Gasteiger partial charge in [0.2, 0.25) is 10.0 Å². The van der Waals surface area contributed by atoms with Gasteiger partial charge in [-0.05, 0) is 55.9 Å². The summed E-state index contributed by atoms with van der Waals surface area (Å²) in [6.07, 6.45) is 0. The highest BCUT2D eigenvalue weighted by atomic mass is 79.9. The average molecular weight is 458 g/mol. The Balaban J connectivity index is 2.24. The third kappa shape index (κ3) is 3.96. The Morgan fingerprint density at radius 2 is 2.10 bits per heavy atom. The van der Waals surface area contributed by atoms with Crippen LogP contribution in [0.3, 0.4) is 0 Å². The summed E-state index contributed by atoms with van der Waals surface area (Å²) in [5.41, 5.74) is 0.938. The predicted octanol–water partition coefficient (Wildman–Crippen LogP) is 3.41. The molecular weight excluding hydrogens is 444 g/mol. The number of hydrogen-bond donors (Lipinski definition) is 1. The maximum atomic E-state index is 12.6. The smallest absolute Gasteiger partial charge is 0.247 e. The molecule has 0 saturated heterocycles. The molecule has 21 heavy (non-hydrogen) atoms. The van der Waals surface area contributed by atoms with Crippen molar-refractivity contribution in [3.63, 3.8) is 0 Å². The van der Waals surface area contributed by atoms with E-state index in [0.717, 1.165) is 9.35 Å². The number of rotatable bonds is 6. The normalized spacial score (nSPS) is 12.2. The molecule has 0 aliphatic carbocycles. The minimum atomic E-state index is -3.60. The van der Waals surface area contributed by atoms with Crippen molar-refractivity contribution in [2.24, 2.45) is 0 Å². The zero-order chi connectivity index (χ0) is 15.6. The minimum absolute atomic E-state index is 0.143. The molecule has 0 saturated carbocycles. The van der Waals surface area contributed by atoms with Crippen molar-refractivity contribution in [1.29, 1.82) is 0 Å². The highest BCUT2D eigenvalue weighted by Crippen LogP contribution is 2.29. The van der Waals surface area contributed by atoms with Crippen molar-refractivity contribution in [2.45, 2.75) is 18.0 Å². The largest absolute Gasteiger partial charge is 0.452 e. The fourth-order valence-corrected chi connectivity index (χ4v) is 5.09. The average Bonchev–Trinajstić information content (AvgIpc) is 2.96. The zero-order valence-corrected chi connectivity index (χ0v) is 16.2. The molecule has 5 nitrogen and oxygen atoms in total. The summed E-state index contributed by atoms with van der Waals surface area (Å²) < 4.78 is 33.1. The molecule has 0 spiro atoms. The molecule has 0 aliphatic rings. The standard InChI is InChI=1S/C12H14Br2N2O3S2/c1-15-5-9-4-10(12(14)19-9)21(17,18)16(2)6-8-3-11(13)20-7-8/h3-4,7,15H,5-6H2,1-2H3. The first kappa shape index (κ1) is 17.2. The van der Waals surface area contributed by atoms with Gasteiger partial charge in [-0.2, -0.15) is 4.31 Å².